The van der Waals surface area contributed by atoms with Crippen molar-refractivity contribution in [1.29, 1.82) is 0 Å². The summed E-state index contributed by atoms with van der Waals surface area (Å²) in [6.07, 6.45) is 2.53. The Bertz CT molecular complexity index is 425. The Balaban J connectivity index is 1.75. The zero-order valence-corrected chi connectivity index (χ0v) is 12.9. The largest absolute Gasteiger partial charge is 0.492 e. The second-order valence-electron chi connectivity index (χ2n) is 5.89. The van der Waals surface area contributed by atoms with Crippen molar-refractivity contribution in [2.45, 2.75) is 18.9 Å². The third-order valence-electron chi connectivity index (χ3n) is 3.90. The van der Waals surface area contributed by atoms with Gasteiger partial charge in [-0.05, 0) is 51.1 Å². The van der Waals surface area contributed by atoms with Gasteiger partial charge in [0.1, 0.15) is 12.4 Å². The van der Waals surface area contributed by atoms with Gasteiger partial charge in [-0.2, -0.15) is 0 Å². The third-order valence-corrected chi connectivity index (χ3v) is 3.90. The molecular formula is C15H25BN2O3. The van der Waals surface area contributed by atoms with Crippen LogP contribution < -0.4 is 10.2 Å². The molecular weight excluding hydrogens is 267 g/mol. The predicted octanol–water partition coefficient (Wildman–Crippen LogP) is -0.229. The maximum Gasteiger partial charge on any atom is 0.488 e. The van der Waals surface area contributed by atoms with Crippen LogP contribution in [-0.2, 0) is 0 Å². The second kappa shape index (κ2) is 7.80. The highest BCUT2D eigenvalue weighted by Crippen LogP contribution is 2.17. The average Bonchev–Trinajstić information content (AvgIpc) is 2.86. The van der Waals surface area contributed by atoms with Crippen molar-refractivity contribution in [3.63, 3.8) is 0 Å². The Kier molecular flexibility index (Phi) is 6.05. The molecule has 116 valence electrons. The van der Waals surface area contributed by atoms with Crippen LogP contribution in [0, 0.1) is 0 Å². The van der Waals surface area contributed by atoms with Crippen LogP contribution in [0.5, 0.6) is 5.75 Å². The van der Waals surface area contributed by atoms with Crippen LogP contribution in [0.4, 0.5) is 0 Å². The van der Waals surface area contributed by atoms with E-state index in [1.807, 2.05) is 0 Å². The zero-order chi connectivity index (χ0) is 15.2. The molecule has 0 saturated carbocycles. The van der Waals surface area contributed by atoms with Gasteiger partial charge < -0.3 is 19.7 Å². The summed E-state index contributed by atoms with van der Waals surface area (Å²) in [5.41, 5.74) is 0.480. The van der Waals surface area contributed by atoms with Gasteiger partial charge in [0, 0.05) is 19.1 Å². The monoisotopic (exact) mass is 292 g/mol. The SMILES string of the molecule is CN(C)CC1CCCN1CCOc1ccc(B(O)O)cc1. The van der Waals surface area contributed by atoms with Crippen molar-refractivity contribution in [1.82, 2.24) is 9.80 Å². The molecule has 0 aliphatic carbocycles. The predicted molar refractivity (Wildman–Crippen MR) is 84.9 cm³/mol. The van der Waals surface area contributed by atoms with E-state index in [2.05, 4.69) is 23.9 Å². The number of hydrogen-bond acceptors (Lipinski definition) is 5. The van der Waals surface area contributed by atoms with Crippen LogP contribution >= 0.6 is 0 Å². The van der Waals surface area contributed by atoms with E-state index in [0.29, 0.717) is 18.1 Å². The third kappa shape index (κ3) is 5.00. The van der Waals surface area contributed by atoms with Crippen molar-refractivity contribution >= 4 is 12.6 Å². The van der Waals surface area contributed by atoms with Crippen LogP contribution in [-0.4, -0.2) is 73.3 Å². The van der Waals surface area contributed by atoms with Crippen molar-refractivity contribution in [3.8, 4) is 5.75 Å². The van der Waals surface area contributed by atoms with Gasteiger partial charge in [-0.1, -0.05) is 12.1 Å². The lowest BCUT2D eigenvalue weighted by Gasteiger charge is -2.26. The van der Waals surface area contributed by atoms with E-state index in [9.17, 15) is 0 Å². The minimum absolute atomic E-state index is 0.480. The fourth-order valence-corrected chi connectivity index (χ4v) is 2.83. The fourth-order valence-electron chi connectivity index (χ4n) is 2.83. The normalized spacial score (nSPS) is 19.2. The quantitative estimate of drug-likeness (QED) is 0.680. The molecule has 1 atom stereocenters. The zero-order valence-electron chi connectivity index (χ0n) is 12.9. The number of hydrogen-bond donors (Lipinski definition) is 2. The summed E-state index contributed by atoms with van der Waals surface area (Å²) in [5.74, 6) is 0.766. The summed E-state index contributed by atoms with van der Waals surface area (Å²) in [6, 6.07) is 7.53. The van der Waals surface area contributed by atoms with Gasteiger partial charge in [0.15, 0.2) is 0 Å². The summed E-state index contributed by atoms with van der Waals surface area (Å²) in [7, 11) is 2.81. The molecule has 2 rings (SSSR count). The Morgan fingerprint density at radius 3 is 2.62 bits per heavy atom. The van der Waals surface area contributed by atoms with E-state index in [1.165, 1.54) is 12.8 Å². The molecule has 1 aliphatic heterocycles. The number of ether oxygens (including phenoxy) is 1. The van der Waals surface area contributed by atoms with Crippen molar-refractivity contribution in [3.05, 3.63) is 24.3 Å². The van der Waals surface area contributed by atoms with Gasteiger partial charge in [-0.25, -0.2) is 0 Å². The number of benzene rings is 1. The first-order chi connectivity index (χ1) is 10.1. The molecule has 0 bridgehead atoms. The molecule has 1 saturated heterocycles. The van der Waals surface area contributed by atoms with Crippen molar-refractivity contribution in [2.75, 3.05) is 40.3 Å². The molecule has 2 N–H and O–H groups in total. The summed E-state index contributed by atoms with van der Waals surface area (Å²) < 4.78 is 5.74. The summed E-state index contributed by atoms with van der Waals surface area (Å²) >= 11 is 0. The molecule has 0 amide bonds. The maximum atomic E-state index is 9.04. The van der Waals surface area contributed by atoms with Gasteiger partial charge in [-0.3, -0.25) is 4.90 Å². The van der Waals surface area contributed by atoms with Crippen molar-refractivity contribution < 1.29 is 14.8 Å². The van der Waals surface area contributed by atoms with E-state index in [4.69, 9.17) is 14.8 Å². The maximum absolute atomic E-state index is 9.04. The molecule has 6 heteroatoms. The highest BCUT2D eigenvalue weighted by atomic mass is 16.5. The summed E-state index contributed by atoms with van der Waals surface area (Å²) in [4.78, 5) is 4.73. The first-order valence-electron chi connectivity index (χ1n) is 7.54. The van der Waals surface area contributed by atoms with Crippen LogP contribution in [0.3, 0.4) is 0 Å². The Morgan fingerprint density at radius 2 is 2.00 bits per heavy atom. The minimum atomic E-state index is -1.42. The van der Waals surface area contributed by atoms with Crippen molar-refractivity contribution in [2.24, 2.45) is 0 Å². The first kappa shape index (κ1) is 16.3. The lowest BCUT2D eigenvalue weighted by atomic mass is 9.80. The molecule has 0 radical (unpaired) electrons. The molecule has 0 spiro atoms. The highest BCUT2D eigenvalue weighted by molar-refractivity contribution is 6.58. The lowest BCUT2D eigenvalue weighted by molar-refractivity contribution is 0.172. The number of likely N-dealkylation sites (tertiary alicyclic amines) is 1. The minimum Gasteiger partial charge on any atom is -0.492 e. The molecule has 21 heavy (non-hydrogen) atoms. The molecule has 1 unspecified atom stereocenters. The van der Waals surface area contributed by atoms with E-state index in [-0.39, 0.29) is 0 Å². The summed E-state index contributed by atoms with van der Waals surface area (Å²) in [6.45, 7) is 3.84. The van der Waals surface area contributed by atoms with Gasteiger partial charge in [-0.15, -0.1) is 0 Å². The van der Waals surface area contributed by atoms with E-state index in [1.54, 1.807) is 24.3 Å². The Labute approximate surface area is 127 Å². The Morgan fingerprint density at radius 1 is 1.29 bits per heavy atom. The standard InChI is InChI=1S/C15H25BN2O3/c1-17(2)12-14-4-3-9-18(14)10-11-21-15-7-5-13(6-8-15)16(19)20/h5-8,14,19-20H,3-4,9-12H2,1-2H3. The number of likely N-dealkylation sites (N-methyl/N-ethyl adjacent to an activating group) is 1. The smallest absolute Gasteiger partial charge is 0.488 e. The fraction of sp³-hybridized carbons (Fsp3) is 0.600. The number of rotatable bonds is 7. The van der Waals surface area contributed by atoms with Crippen LogP contribution in [0.1, 0.15) is 12.8 Å². The van der Waals surface area contributed by atoms with Crippen LogP contribution in [0.15, 0.2) is 24.3 Å². The Hall–Kier alpha value is -1.08. The molecule has 1 fully saturated rings. The van der Waals surface area contributed by atoms with E-state index < -0.39 is 7.12 Å². The molecule has 5 nitrogen and oxygen atoms in total. The van der Waals surface area contributed by atoms with E-state index in [0.717, 1.165) is 25.4 Å². The second-order valence-corrected chi connectivity index (χ2v) is 5.89. The number of nitrogens with zero attached hydrogens (tertiary/aromatic N) is 2. The molecule has 1 heterocycles. The van der Waals surface area contributed by atoms with Crippen LogP contribution in [0.2, 0.25) is 0 Å². The highest BCUT2D eigenvalue weighted by Gasteiger charge is 2.24. The topological polar surface area (TPSA) is 56.2 Å². The van der Waals surface area contributed by atoms with Gasteiger partial charge in [0.25, 0.3) is 0 Å². The van der Waals surface area contributed by atoms with Crippen LogP contribution in [0.25, 0.3) is 0 Å². The lowest BCUT2D eigenvalue weighted by Crippen LogP contribution is -2.39. The molecule has 0 aromatic heterocycles. The molecule has 1 aliphatic rings. The van der Waals surface area contributed by atoms with Gasteiger partial charge >= 0.3 is 7.12 Å². The average molecular weight is 292 g/mol. The molecule has 1 aromatic carbocycles. The van der Waals surface area contributed by atoms with E-state index >= 15 is 0 Å². The van der Waals surface area contributed by atoms with Gasteiger partial charge in [0.2, 0.25) is 0 Å². The molecule has 1 aromatic rings. The first-order valence-corrected chi connectivity index (χ1v) is 7.54. The van der Waals surface area contributed by atoms with Gasteiger partial charge in [0.05, 0.1) is 0 Å². The summed E-state index contributed by atoms with van der Waals surface area (Å²) in [5, 5.41) is 18.1.